The predicted octanol–water partition coefficient (Wildman–Crippen LogP) is 4.19. The van der Waals surface area contributed by atoms with E-state index in [0.29, 0.717) is 18.9 Å². The molecule has 0 aliphatic carbocycles. The number of piperidine rings is 1. The van der Waals surface area contributed by atoms with E-state index in [4.69, 9.17) is 11.6 Å². The van der Waals surface area contributed by atoms with E-state index in [1.807, 2.05) is 11.0 Å². The Kier molecular flexibility index (Phi) is 6.53. The number of benzene rings is 1. The molecule has 3 aliphatic rings. The zero-order valence-electron chi connectivity index (χ0n) is 19.8. The number of likely N-dealkylation sites (tertiary alicyclic amines) is 2. The summed E-state index contributed by atoms with van der Waals surface area (Å²) in [6.45, 7) is 7.08. The van der Waals surface area contributed by atoms with Crippen molar-refractivity contribution in [2.45, 2.75) is 57.5 Å². The number of carbonyl (C=O) groups excluding carboxylic acids is 2. The molecule has 0 atom stereocenters. The van der Waals surface area contributed by atoms with Crippen molar-refractivity contribution < 1.29 is 9.59 Å². The first-order chi connectivity index (χ1) is 16.4. The fourth-order valence-corrected chi connectivity index (χ4v) is 6.04. The first-order valence-electron chi connectivity index (χ1n) is 12.3. The van der Waals surface area contributed by atoms with Gasteiger partial charge in [0.1, 0.15) is 0 Å². The van der Waals surface area contributed by atoms with Gasteiger partial charge in [-0.25, -0.2) is 4.79 Å². The number of aromatic nitrogens is 2. The fourth-order valence-electron chi connectivity index (χ4n) is 5.87. The molecule has 182 valence electrons. The molecule has 34 heavy (non-hydrogen) atoms. The topological polar surface area (TPSA) is 73.7 Å². The summed E-state index contributed by atoms with van der Waals surface area (Å²) < 4.78 is 1.33. The average Bonchev–Trinajstić information content (AvgIpc) is 3.58. The number of rotatable bonds is 4. The average molecular weight is 485 g/mol. The fraction of sp³-hybridized carbons (Fsp3) is 0.560. The lowest BCUT2D eigenvalue weighted by Gasteiger charge is -2.45. The van der Waals surface area contributed by atoms with Gasteiger partial charge in [0.2, 0.25) is 5.91 Å². The maximum Gasteiger partial charge on any atom is 0.344 e. The van der Waals surface area contributed by atoms with Gasteiger partial charge < -0.3 is 15.1 Å². The Hall–Kier alpha value is -2.58. The van der Waals surface area contributed by atoms with E-state index in [2.05, 4.69) is 32.3 Å². The zero-order valence-corrected chi connectivity index (χ0v) is 20.6. The normalized spacial score (nSPS) is 20.3. The van der Waals surface area contributed by atoms with Crippen LogP contribution in [0.4, 0.5) is 16.3 Å². The second-order valence-corrected chi connectivity index (χ2v) is 10.2. The zero-order chi connectivity index (χ0) is 23.7. The maximum atomic E-state index is 13.0. The van der Waals surface area contributed by atoms with Gasteiger partial charge in [0.05, 0.1) is 0 Å². The molecule has 1 aromatic heterocycles. The summed E-state index contributed by atoms with van der Waals surface area (Å²) in [6, 6.07) is 7.86. The molecule has 0 unspecified atom stereocenters. The lowest BCUT2D eigenvalue weighted by molar-refractivity contribution is -0.114. The smallest absolute Gasteiger partial charge is 0.344 e. The van der Waals surface area contributed by atoms with Gasteiger partial charge in [-0.2, -0.15) is 4.68 Å². The molecule has 1 spiro atoms. The molecule has 0 saturated carbocycles. The first-order valence-corrected chi connectivity index (χ1v) is 12.7. The minimum Gasteiger partial charge on any atom is -0.371 e. The predicted molar refractivity (Wildman–Crippen MR) is 133 cm³/mol. The molecule has 4 heterocycles. The van der Waals surface area contributed by atoms with Crippen LogP contribution in [0.15, 0.2) is 30.5 Å². The number of carbonyl (C=O) groups is 2. The quantitative estimate of drug-likeness (QED) is 0.704. The van der Waals surface area contributed by atoms with E-state index < -0.39 is 0 Å². The summed E-state index contributed by atoms with van der Waals surface area (Å²) in [5.41, 5.74) is 2.78. The Morgan fingerprint density at radius 2 is 1.79 bits per heavy atom. The Labute approximate surface area is 205 Å². The number of hydrogen-bond donors (Lipinski definition) is 1. The molecule has 0 bridgehead atoms. The van der Waals surface area contributed by atoms with Crippen LogP contribution in [0.1, 0.15) is 51.0 Å². The molecular weight excluding hydrogens is 452 g/mol. The van der Waals surface area contributed by atoms with Crippen LogP contribution in [-0.2, 0) is 11.3 Å². The summed E-state index contributed by atoms with van der Waals surface area (Å²) in [5, 5.41) is 7.63. The third kappa shape index (κ3) is 4.66. The van der Waals surface area contributed by atoms with Crippen LogP contribution >= 0.6 is 11.6 Å². The number of amides is 2. The Morgan fingerprint density at radius 1 is 1.03 bits per heavy atom. The third-order valence-corrected chi connectivity index (χ3v) is 7.89. The van der Waals surface area contributed by atoms with Gasteiger partial charge in [-0.3, -0.25) is 9.69 Å². The largest absolute Gasteiger partial charge is 0.371 e. The lowest BCUT2D eigenvalue weighted by atomic mass is 9.84. The number of nitrogens with one attached hydrogen (secondary N) is 1. The molecular formula is C25H33ClN6O2. The highest BCUT2D eigenvalue weighted by Crippen LogP contribution is 2.41. The summed E-state index contributed by atoms with van der Waals surface area (Å²) in [5.74, 6) is 0.195. The molecule has 0 radical (unpaired) electrons. The van der Waals surface area contributed by atoms with Gasteiger partial charge >= 0.3 is 6.03 Å². The number of nitrogens with zero attached hydrogens (tertiary/aromatic N) is 5. The van der Waals surface area contributed by atoms with Crippen molar-refractivity contribution in [3.63, 3.8) is 0 Å². The monoisotopic (exact) mass is 484 g/mol. The van der Waals surface area contributed by atoms with Crippen LogP contribution in [0, 0.1) is 0 Å². The lowest BCUT2D eigenvalue weighted by Crippen LogP contribution is -2.53. The molecule has 3 saturated heterocycles. The van der Waals surface area contributed by atoms with Crippen molar-refractivity contribution in [3.05, 3.63) is 41.0 Å². The third-order valence-electron chi connectivity index (χ3n) is 7.65. The number of hydrogen-bond acceptors (Lipinski definition) is 5. The van der Waals surface area contributed by atoms with Gasteiger partial charge in [0.25, 0.3) is 0 Å². The Morgan fingerprint density at radius 3 is 2.53 bits per heavy atom. The summed E-state index contributed by atoms with van der Waals surface area (Å²) >= 11 is 6.37. The molecule has 8 nitrogen and oxygen atoms in total. The van der Waals surface area contributed by atoms with E-state index in [-0.39, 0.29) is 17.5 Å². The van der Waals surface area contributed by atoms with Crippen LogP contribution in [-0.4, -0.2) is 69.8 Å². The van der Waals surface area contributed by atoms with Crippen LogP contribution < -0.4 is 10.2 Å². The molecule has 3 fully saturated rings. The van der Waals surface area contributed by atoms with E-state index in [9.17, 15) is 9.59 Å². The van der Waals surface area contributed by atoms with Crippen molar-refractivity contribution in [2.24, 2.45) is 0 Å². The van der Waals surface area contributed by atoms with Crippen LogP contribution in [0.5, 0.6) is 0 Å². The molecule has 9 heteroatoms. The van der Waals surface area contributed by atoms with Gasteiger partial charge in [-0.05, 0) is 62.8 Å². The maximum absolute atomic E-state index is 13.0. The van der Waals surface area contributed by atoms with Crippen molar-refractivity contribution in [1.29, 1.82) is 0 Å². The molecule has 2 amide bonds. The number of anilines is 2. The standard InChI is InChI=1S/C25H33ClN6O2/c1-19(33)27-23-7-14-32(28-23)24(34)30-15-9-25(10-16-30)8-4-13-31(25)18-20-5-6-21(26)17-22(20)29-11-2-3-12-29/h5-7,14,17H,2-4,8-13,15-16,18H2,1H3,(H,27,28,33). The van der Waals surface area contributed by atoms with Crippen molar-refractivity contribution in [2.75, 3.05) is 42.9 Å². The molecule has 1 N–H and O–H groups in total. The summed E-state index contributed by atoms with van der Waals surface area (Å²) in [7, 11) is 0. The second kappa shape index (κ2) is 9.58. The van der Waals surface area contributed by atoms with Gasteiger partial charge in [0, 0.05) is 68.2 Å². The highest BCUT2D eigenvalue weighted by atomic mass is 35.5. The second-order valence-electron chi connectivity index (χ2n) is 9.81. The van der Waals surface area contributed by atoms with E-state index in [1.54, 1.807) is 12.3 Å². The van der Waals surface area contributed by atoms with E-state index in [0.717, 1.165) is 44.0 Å². The Bertz CT molecular complexity index is 1060. The molecule has 1 aromatic carbocycles. The summed E-state index contributed by atoms with van der Waals surface area (Å²) in [4.78, 5) is 31.2. The first kappa shape index (κ1) is 23.2. The number of halogens is 1. The molecule has 5 rings (SSSR count). The minimum absolute atomic E-state index is 0.134. The minimum atomic E-state index is -0.201. The van der Waals surface area contributed by atoms with E-state index in [1.165, 1.54) is 48.5 Å². The SMILES string of the molecule is CC(=O)Nc1ccn(C(=O)N2CCC3(CCCN3Cc3ccc(Cl)cc3N3CCCC3)CC2)n1. The van der Waals surface area contributed by atoms with Crippen LogP contribution in [0.3, 0.4) is 0 Å². The molecule has 3 aliphatic heterocycles. The van der Waals surface area contributed by atoms with Crippen molar-refractivity contribution in [1.82, 2.24) is 19.6 Å². The van der Waals surface area contributed by atoms with Gasteiger partial charge in [-0.1, -0.05) is 17.7 Å². The van der Waals surface area contributed by atoms with Crippen molar-refractivity contribution >= 4 is 35.0 Å². The van der Waals surface area contributed by atoms with Crippen LogP contribution in [0.25, 0.3) is 0 Å². The van der Waals surface area contributed by atoms with Gasteiger partial charge in [0.15, 0.2) is 5.82 Å². The summed E-state index contributed by atoms with van der Waals surface area (Å²) in [6.07, 6.45) is 8.39. The highest BCUT2D eigenvalue weighted by Gasteiger charge is 2.44. The van der Waals surface area contributed by atoms with Gasteiger partial charge in [-0.15, -0.1) is 5.10 Å². The van der Waals surface area contributed by atoms with E-state index >= 15 is 0 Å². The van der Waals surface area contributed by atoms with Crippen molar-refractivity contribution in [3.8, 4) is 0 Å². The Balaban J connectivity index is 1.26. The highest BCUT2D eigenvalue weighted by molar-refractivity contribution is 6.30. The molecule has 2 aromatic rings. The van der Waals surface area contributed by atoms with Crippen LogP contribution in [0.2, 0.25) is 5.02 Å².